The number of ether oxygens (including phenoxy) is 1. The molecular formula is C18H27ClN2O3. The summed E-state index contributed by atoms with van der Waals surface area (Å²) in [7, 11) is 0. The SMILES string of the molecule is CC(=O)c1cccc(OC(C)C(=O)NC2CCCCC2CN)c1.Cl. The molecular weight excluding hydrogens is 328 g/mol. The van der Waals surface area contributed by atoms with E-state index in [1.165, 1.54) is 13.3 Å². The van der Waals surface area contributed by atoms with Gasteiger partial charge in [-0.2, -0.15) is 0 Å². The minimum atomic E-state index is -0.613. The fourth-order valence-corrected chi connectivity index (χ4v) is 3.03. The molecule has 0 bridgehead atoms. The van der Waals surface area contributed by atoms with Crippen LogP contribution in [0, 0.1) is 5.92 Å². The Hall–Kier alpha value is -1.59. The first-order chi connectivity index (χ1) is 11.0. The Labute approximate surface area is 149 Å². The second kappa shape index (κ2) is 9.64. The van der Waals surface area contributed by atoms with Crippen LogP contribution in [0.1, 0.15) is 49.9 Å². The van der Waals surface area contributed by atoms with Crippen molar-refractivity contribution in [2.75, 3.05) is 6.54 Å². The first-order valence-corrected chi connectivity index (χ1v) is 8.29. The van der Waals surface area contributed by atoms with Crippen molar-refractivity contribution in [2.24, 2.45) is 11.7 Å². The smallest absolute Gasteiger partial charge is 0.261 e. The summed E-state index contributed by atoms with van der Waals surface area (Å²) in [4.78, 5) is 23.8. The van der Waals surface area contributed by atoms with Crippen LogP contribution in [0.4, 0.5) is 0 Å². The lowest BCUT2D eigenvalue weighted by Gasteiger charge is -2.32. The molecule has 3 N–H and O–H groups in total. The van der Waals surface area contributed by atoms with Crippen molar-refractivity contribution in [2.45, 2.75) is 51.7 Å². The molecule has 0 saturated heterocycles. The van der Waals surface area contributed by atoms with Gasteiger partial charge in [0.05, 0.1) is 0 Å². The third-order valence-electron chi connectivity index (χ3n) is 4.46. The van der Waals surface area contributed by atoms with Gasteiger partial charge in [-0.05, 0) is 51.3 Å². The van der Waals surface area contributed by atoms with Gasteiger partial charge in [-0.25, -0.2) is 0 Å². The van der Waals surface area contributed by atoms with Crippen molar-refractivity contribution in [3.8, 4) is 5.75 Å². The van der Waals surface area contributed by atoms with Crippen LogP contribution in [0.15, 0.2) is 24.3 Å². The first-order valence-electron chi connectivity index (χ1n) is 8.29. The van der Waals surface area contributed by atoms with Gasteiger partial charge in [-0.1, -0.05) is 25.0 Å². The number of Topliss-reactive ketones (excluding diaryl/α,β-unsaturated/α-hetero) is 1. The van der Waals surface area contributed by atoms with E-state index < -0.39 is 6.10 Å². The van der Waals surface area contributed by atoms with E-state index in [0.717, 1.165) is 19.3 Å². The quantitative estimate of drug-likeness (QED) is 0.769. The van der Waals surface area contributed by atoms with Gasteiger partial charge in [-0.15, -0.1) is 12.4 Å². The normalized spacial score (nSPS) is 21.3. The van der Waals surface area contributed by atoms with Gasteiger partial charge >= 0.3 is 0 Å². The second-order valence-electron chi connectivity index (χ2n) is 6.24. The van der Waals surface area contributed by atoms with Gasteiger partial charge in [0.2, 0.25) is 0 Å². The topological polar surface area (TPSA) is 81.4 Å². The lowest BCUT2D eigenvalue weighted by atomic mass is 9.84. The Morgan fingerprint density at radius 1 is 1.33 bits per heavy atom. The average molecular weight is 355 g/mol. The van der Waals surface area contributed by atoms with Crippen LogP contribution in [0.5, 0.6) is 5.75 Å². The average Bonchev–Trinajstić information content (AvgIpc) is 2.55. The third-order valence-corrected chi connectivity index (χ3v) is 4.46. The number of hydrogen-bond donors (Lipinski definition) is 2. The molecule has 1 aliphatic carbocycles. The maximum absolute atomic E-state index is 12.4. The molecule has 3 atom stereocenters. The summed E-state index contributed by atoms with van der Waals surface area (Å²) in [6.45, 7) is 3.82. The predicted octanol–water partition coefficient (Wildman–Crippen LogP) is 2.71. The molecule has 1 fully saturated rings. The summed E-state index contributed by atoms with van der Waals surface area (Å²) in [5.74, 6) is 0.712. The molecule has 0 heterocycles. The summed E-state index contributed by atoms with van der Waals surface area (Å²) in [6, 6.07) is 7.03. The van der Waals surface area contributed by atoms with Crippen molar-refractivity contribution < 1.29 is 14.3 Å². The molecule has 1 saturated carbocycles. The molecule has 0 aliphatic heterocycles. The van der Waals surface area contributed by atoms with Crippen LogP contribution in [-0.2, 0) is 4.79 Å². The summed E-state index contributed by atoms with van der Waals surface area (Å²) in [5.41, 5.74) is 6.37. The van der Waals surface area contributed by atoms with Gasteiger partial charge in [0.15, 0.2) is 11.9 Å². The Balaban J connectivity index is 0.00000288. The van der Waals surface area contributed by atoms with Gasteiger partial charge in [0.1, 0.15) is 5.75 Å². The molecule has 134 valence electrons. The summed E-state index contributed by atoms with van der Waals surface area (Å²) in [5, 5.41) is 3.07. The van der Waals surface area contributed by atoms with E-state index >= 15 is 0 Å². The molecule has 1 aromatic carbocycles. The molecule has 24 heavy (non-hydrogen) atoms. The highest BCUT2D eigenvalue weighted by molar-refractivity contribution is 5.94. The number of carbonyl (C=O) groups is 2. The lowest BCUT2D eigenvalue weighted by molar-refractivity contribution is -0.128. The van der Waals surface area contributed by atoms with Crippen LogP contribution in [0.3, 0.4) is 0 Å². The van der Waals surface area contributed by atoms with Crippen LogP contribution in [0.25, 0.3) is 0 Å². The van der Waals surface area contributed by atoms with E-state index in [-0.39, 0.29) is 30.1 Å². The van der Waals surface area contributed by atoms with Crippen LogP contribution < -0.4 is 15.8 Å². The van der Waals surface area contributed by atoms with Gasteiger partial charge in [0.25, 0.3) is 5.91 Å². The summed E-state index contributed by atoms with van der Waals surface area (Å²) in [6.07, 6.45) is 3.73. The van der Waals surface area contributed by atoms with Crippen LogP contribution in [0.2, 0.25) is 0 Å². The molecule has 2 rings (SSSR count). The van der Waals surface area contributed by atoms with Crippen molar-refractivity contribution in [3.05, 3.63) is 29.8 Å². The minimum absolute atomic E-state index is 0. The summed E-state index contributed by atoms with van der Waals surface area (Å²) >= 11 is 0. The van der Waals surface area contributed by atoms with Crippen LogP contribution in [-0.4, -0.2) is 30.4 Å². The van der Waals surface area contributed by atoms with Crippen LogP contribution >= 0.6 is 12.4 Å². The van der Waals surface area contributed by atoms with Crippen molar-refractivity contribution in [3.63, 3.8) is 0 Å². The number of hydrogen-bond acceptors (Lipinski definition) is 4. The Morgan fingerprint density at radius 2 is 2.04 bits per heavy atom. The molecule has 0 radical (unpaired) electrons. The molecule has 6 heteroatoms. The zero-order chi connectivity index (χ0) is 16.8. The van der Waals surface area contributed by atoms with Gasteiger partial charge < -0.3 is 15.8 Å². The Morgan fingerprint density at radius 3 is 2.71 bits per heavy atom. The minimum Gasteiger partial charge on any atom is -0.481 e. The largest absolute Gasteiger partial charge is 0.481 e. The number of carbonyl (C=O) groups excluding carboxylic acids is 2. The van der Waals surface area contributed by atoms with Gasteiger partial charge in [0, 0.05) is 11.6 Å². The Kier molecular flexibility index (Phi) is 8.22. The maximum Gasteiger partial charge on any atom is 0.261 e. The molecule has 1 aromatic rings. The number of nitrogens with one attached hydrogen (secondary N) is 1. The number of nitrogens with two attached hydrogens (primary N) is 1. The number of halogens is 1. The van der Waals surface area contributed by atoms with E-state index in [4.69, 9.17) is 10.5 Å². The Bertz CT molecular complexity index is 565. The van der Waals surface area contributed by atoms with Gasteiger partial charge in [-0.3, -0.25) is 9.59 Å². The number of ketones is 1. The highest BCUT2D eigenvalue weighted by Gasteiger charge is 2.27. The molecule has 1 amide bonds. The summed E-state index contributed by atoms with van der Waals surface area (Å²) < 4.78 is 5.68. The number of benzene rings is 1. The van der Waals surface area contributed by atoms with E-state index in [2.05, 4.69) is 5.32 Å². The number of amides is 1. The first kappa shape index (κ1) is 20.5. The second-order valence-corrected chi connectivity index (χ2v) is 6.24. The van der Waals surface area contributed by atoms with E-state index in [1.807, 2.05) is 0 Å². The zero-order valence-corrected chi connectivity index (χ0v) is 15.1. The fourth-order valence-electron chi connectivity index (χ4n) is 3.03. The fraction of sp³-hybridized carbons (Fsp3) is 0.556. The lowest BCUT2D eigenvalue weighted by Crippen LogP contribution is -2.48. The monoisotopic (exact) mass is 354 g/mol. The molecule has 1 aliphatic rings. The molecule has 3 unspecified atom stereocenters. The molecule has 0 aromatic heterocycles. The molecule has 5 nitrogen and oxygen atoms in total. The maximum atomic E-state index is 12.4. The van der Waals surface area contributed by atoms with Crippen molar-refractivity contribution in [1.82, 2.24) is 5.32 Å². The van der Waals surface area contributed by atoms with Crippen molar-refractivity contribution >= 4 is 24.1 Å². The van der Waals surface area contributed by atoms with E-state index in [9.17, 15) is 9.59 Å². The highest BCUT2D eigenvalue weighted by atomic mass is 35.5. The van der Waals surface area contributed by atoms with E-state index in [0.29, 0.717) is 23.8 Å². The van der Waals surface area contributed by atoms with E-state index in [1.54, 1.807) is 31.2 Å². The third kappa shape index (κ3) is 5.49. The van der Waals surface area contributed by atoms with Crippen molar-refractivity contribution in [1.29, 1.82) is 0 Å². The highest BCUT2D eigenvalue weighted by Crippen LogP contribution is 2.24. The number of rotatable bonds is 6. The zero-order valence-electron chi connectivity index (χ0n) is 14.3. The molecule has 0 spiro atoms. The predicted molar refractivity (Wildman–Crippen MR) is 96.7 cm³/mol. The standard InChI is InChI=1S/C18H26N2O3.ClH/c1-12(21)14-7-5-8-16(10-14)23-13(2)18(22)20-17-9-4-3-6-15(17)11-19;/h5,7-8,10,13,15,17H,3-4,6,9,11,19H2,1-2H3,(H,20,22);1H.